The predicted molar refractivity (Wildman–Crippen MR) is 115 cm³/mol. The largest absolute Gasteiger partial charge is 0.493 e. The summed E-state index contributed by atoms with van der Waals surface area (Å²) in [6.45, 7) is 6.43. The molecule has 1 amide bonds. The lowest BCUT2D eigenvalue weighted by Crippen LogP contribution is -2.14. The van der Waals surface area contributed by atoms with E-state index in [0.29, 0.717) is 28.6 Å². The van der Waals surface area contributed by atoms with Crippen LogP contribution in [-0.4, -0.2) is 30.3 Å². The lowest BCUT2D eigenvalue weighted by Gasteiger charge is -2.18. The molecular weight excluding hydrogens is 386 g/mol. The summed E-state index contributed by atoms with van der Waals surface area (Å²) in [7, 11) is 3.21. The molecule has 29 heavy (non-hydrogen) atoms. The van der Waals surface area contributed by atoms with Gasteiger partial charge in [-0.05, 0) is 40.8 Å². The highest BCUT2D eigenvalue weighted by Gasteiger charge is 2.15. The Labute approximate surface area is 174 Å². The quantitative estimate of drug-likeness (QED) is 0.637. The van der Waals surface area contributed by atoms with E-state index in [4.69, 9.17) is 9.47 Å². The zero-order valence-corrected chi connectivity index (χ0v) is 18.1. The number of hydrogen-bond acceptors (Lipinski definition) is 6. The molecule has 1 N–H and O–H groups in total. The second-order valence-corrected chi connectivity index (χ2v) is 8.71. The van der Waals surface area contributed by atoms with Crippen molar-refractivity contribution < 1.29 is 14.3 Å². The average Bonchev–Trinajstić information content (AvgIpc) is 3.14. The maximum atomic E-state index is 12.5. The van der Waals surface area contributed by atoms with Crippen LogP contribution < -0.4 is 14.8 Å². The Bertz CT molecular complexity index is 991. The van der Waals surface area contributed by atoms with Crippen molar-refractivity contribution in [2.75, 3.05) is 19.5 Å². The van der Waals surface area contributed by atoms with Crippen LogP contribution in [-0.2, 0) is 11.8 Å². The Kier molecular flexibility index (Phi) is 6.17. The van der Waals surface area contributed by atoms with Crippen LogP contribution in [0, 0.1) is 0 Å². The highest BCUT2D eigenvalue weighted by molar-refractivity contribution is 7.15. The van der Waals surface area contributed by atoms with Crippen LogP contribution in [0.3, 0.4) is 0 Å². The number of hydrogen-bond donors (Lipinski definition) is 1. The van der Waals surface area contributed by atoms with Gasteiger partial charge in [-0.25, -0.2) is 0 Å². The van der Waals surface area contributed by atoms with Crippen molar-refractivity contribution in [3.63, 3.8) is 0 Å². The van der Waals surface area contributed by atoms with Gasteiger partial charge in [0.2, 0.25) is 5.13 Å². The van der Waals surface area contributed by atoms with Gasteiger partial charge in [0.05, 0.1) is 14.2 Å². The van der Waals surface area contributed by atoms with Crippen LogP contribution in [0.4, 0.5) is 5.13 Å². The maximum absolute atomic E-state index is 12.5. The topological polar surface area (TPSA) is 73.3 Å². The van der Waals surface area contributed by atoms with Crippen molar-refractivity contribution in [1.29, 1.82) is 0 Å². The molecule has 1 heterocycles. The van der Waals surface area contributed by atoms with Crippen molar-refractivity contribution in [1.82, 2.24) is 10.2 Å². The third-order valence-electron chi connectivity index (χ3n) is 4.50. The number of anilines is 1. The van der Waals surface area contributed by atoms with Crippen molar-refractivity contribution in [3.05, 3.63) is 64.2 Å². The van der Waals surface area contributed by atoms with Crippen LogP contribution in [0.15, 0.2) is 42.5 Å². The van der Waals surface area contributed by atoms with Gasteiger partial charge >= 0.3 is 0 Å². The van der Waals surface area contributed by atoms with Gasteiger partial charge in [-0.2, -0.15) is 0 Å². The summed E-state index contributed by atoms with van der Waals surface area (Å²) < 4.78 is 10.6. The summed E-state index contributed by atoms with van der Waals surface area (Å²) in [6.07, 6.45) is 0.591. The lowest BCUT2D eigenvalue weighted by atomic mass is 9.87. The Morgan fingerprint density at radius 2 is 1.69 bits per heavy atom. The van der Waals surface area contributed by atoms with Crippen molar-refractivity contribution >= 4 is 22.4 Å². The first-order valence-electron chi connectivity index (χ1n) is 9.25. The van der Waals surface area contributed by atoms with E-state index in [1.165, 1.54) is 16.9 Å². The average molecular weight is 412 g/mol. The maximum Gasteiger partial charge on any atom is 0.257 e. The predicted octanol–water partition coefficient (Wildman–Crippen LogP) is 4.70. The molecule has 0 saturated heterocycles. The van der Waals surface area contributed by atoms with Crippen LogP contribution in [0.5, 0.6) is 11.5 Å². The molecule has 0 aliphatic carbocycles. The molecule has 0 atom stereocenters. The molecule has 0 fully saturated rings. The number of aromatic nitrogens is 2. The van der Waals surface area contributed by atoms with Gasteiger partial charge in [0.1, 0.15) is 5.01 Å². The smallest absolute Gasteiger partial charge is 0.257 e. The summed E-state index contributed by atoms with van der Waals surface area (Å²) in [5, 5.41) is 12.4. The monoisotopic (exact) mass is 411 g/mol. The molecule has 1 aromatic heterocycles. The number of ether oxygens (including phenoxy) is 2. The Hall–Kier alpha value is -2.93. The van der Waals surface area contributed by atoms with E-state index in [9.17, 15) is 4.79 Å². The van der Waals surface area contributed by atoms with E-state index in [-0.39, 0.29) is 11.3 Å². The number of benzene rings is 2. The Morgan fingerprint density at radius 1 is 1.00 bits per heavy atom. The zero-order chi connectivity index (χ0) is 21.0. The Balaban J connectivity index is 1.66. The van der Waals surface area contributed by atoms with E-state index in [2.05, 4.69) is 36.3 Å². The number of nitrogens with zero attached hydrogens (tertiary/aromatic N) is 2. The van der Waals surface area contributed by atoms with Crippen molar-refractivity contribution in [2.24, 2.45) is 0 Å². The standard InChI is InChI=1S/C22H25N3O3S/c1-22(2,3)16-9-7-15(8-10-16)20(26)23-21-25-24-19(29-21)13-14-6-11-17(27-4)18(12-14)28-5/h6-12H,13H2,1-5H3,(H,23,25,26). The number of nitrogens with one attached hydrogen (secondary N) is 1. The first-order valence-corrected chi connectivity index (χ1v) is 10.1. The molecule has 0 aliphatic rings. The minimum atomic E-state index is -0.195. The summed E-state index contributed by atoms with van der Waals surface area (Å²) in [5.41, 5.74) is 2.85. The normalized spacial score (nSPS) is 11.2. The lowest BCUT2D eigenvalue weighted by molar-refractivity contribution is 0.102. The number of carbonyl (C=O) groups excluding carboxylic acids is 1. The van der Waals surface area contributed by atoms with E-state index in [1.807, 2.05) is 42.5 Å². The van der Waals surface area contributed by atoms with E-state index >= 15 is 0 Å². The minimum absolute atomic E-state index is 0.0489. The SMILES string of the molecule is COc1ccc(Cc2nnc(NC(=O)c3ccc(C(C)(C)C)cc3)s2)cc1OC. The van der Waals surface area contributed by atoms with Crippen LogP contribution in [0.1, 0.15) is 47.3 Å². The van der Waals surface area contributed by atoms with Gasteiger partial charge in [0, 0.05) is 12.0 Å². The third-order valence-corrected chi connectivity index (χ3v) is 5.34. The summed E-state index contributed by atoms with van der Waals surface area (Å²) in [6, 6.07) is 13.4. The van der Waals surface area contributed by atoms with Crippen molar-refractivity contribution in [3.8, 4) is 11.5 Å². The molecule has 152 valence electrons. The molecule has 3 rings (SSSR count). The first-order chi connectivity index (χ1) is 13.8. The first kappa shape index (κ1) is 20.8. The van der Waals surface area contributed by atoms with Gasteiger partial charge in [-0.3, -0.25) is 10.1 Å². The molecule has 2 aromatic carbocycles. The zero-order valence-electron chi connectivity index (χ0n) is 17.3. The molecule has 0 unspecified atom stereocenters. The van der Waals surface area contributed by atoms with Gasteiger partial charge < -0.3 is 9.47 Å². The van der Waals surface area contributed by atoms with Gasteiger partial charge in [0.25, 0.3) is 5.91 Å². The number of rotatable bonds is 6. The highest BCUT2D eigenvalue weighted by Crippen LogP contribution is 2.29. The summed E-state index contributed by atoms with van der Waals surface area (Å²) in [5.74, 6) is 1.15. The Morgan fingerprint density at radius 3 is 2.31 bits per heavy atom. The van der Waals surface area contributed by atoms with Crippen LogP contribution >= 0.6 is 11.3 Å². The van der Waals surface area contributed by atoms with Crippen LogP contribution in [0.2, 0.25) is 0 Å². The third kappa shape index (κ3) is 5.12. The molecule has 0 radical (unpaired) electrons. The summed E-state index contributed by atoms with van der Waals surface area (Å²) >= 11 is 1.36. The minimum Gasteiger partial charge on any atom is -0.493 e. The van der Waals surface area contributed by atoms with Gasteiger partial charge in [-0.15, -0.1) is 10.2 Å². The molecule has 6 nitrogen and oxygen atoms in total. The van der Waals surface area contributed by atoms with E-state index in [0.717, 1.165) is 10.6 Å². The second kappa shape index (κ2) is 8.61. The molecule has 0 bridgehead atoms. The fourth-order valence-electron chi connectivity index (χ4n) is 2.83. The number of carbonyl (C=O) groups is 1. The van der Waals surface area contributed by atoms with Gasteiger partial charge in [0.15, 0.2) is 11.5 Å². The number of methoxy groups -OCH3 is 2. The van der Waals surface area contributed by atoms with E-state index < -0.39 is 0 Å². The van der Waals surface area contributed by atoms with E-state index in [1.54, 1.807) is 14.2 Å². The van der Waals surface area contributed by atoms with Gasteiger partial charge in [-0.1, -0.05) is 50.3 Å². The molecule has 3 aromatic rings. The fraction of sp³-hybridized carbons (Fsp3) is 0.318. The molecule has 0 saturated carbocycles. The molecule has 7 heteroatoms. The number of amides is 1. The molecule has 0 spiro atoms. The van der Waals surface area contributed by atoms with Crippen LogP contribution in [0.25, 0.3) is 0 Å². The molecule has 0 aliphatic heterocycles. The second-order valence-electron chi connectivity index (χ2n) is 7.65. The molecular formula is C22H25N3O3S. The van der Waals surface area contributed by atoms with Crippen molar-refractivity contribution in [2.45, 2.75) is 32.6 Å². The highest BCUT2D eigenvalue weighted by atomic mass is 32.1. The fourth-order valence-corrected chi connectivity index (χ4v) is 3.60. The summed E-state index contributed by atoms with van der Waals surface area (Å²) in [4.78, 5) is 12.5.